The Bertz CT molecular complexity index is 706. The second-order valence-corrected chi connectivity index (χ2v) is 4.85. The van der Waals surface area contributed by atoms with Crippen LogP contribution in [0.2, 0.25) is 0 Å². The predicted molar refractivity (Wildman–Crippen MR) is 83.4 cm³/mol. The highest BCUT2D eigenvalue weighted by Crippen LogP contribution is 2.09. The number of pyridine rings is 1. The van der Waals surface area contributed by atoms with Gasteiger partial charge < -0.3 is 14.0 Å². The maximum atomic E-state index is 12.3. The Balaban J connectivity index is 2.24. The topological polar surface area (TPSA) is 57.5 Å². The molecule has 22 heavy (non-hydrogen) atoms. The van der Waals surface area contributed by atoms with Gasteiger partial charge >= 0.3 is 5.97 Å². The predicted octanol–water partition coefficient (Wildman–Crippen LogP) is 2.47. The average Bonchev–Trinajstić information content (AvgIpc) is 2.55. The van der Waals surface area contributed by atoms with Crippen molar-refractivity contribution in [2.45, 2.75) is 19.9 Å². The lowest BCUT2D eigenvalue weighted by Crippen LogP contribution is -2.22. The lowest BCUT2D eigenvalue weighted by molar-refractivity contribution is 0.0600. The zero-order valence-electron chi connectivity index (χ0n) is 12.7. The van der Waals surface area contributed by atoms with Crippen LogP contribution in [0.4, 0.5) is 0 Å². The number of methoxy groups -OCH3 is 1. The van der Waals surface area contributed by atoms with Crippen LogP contribution < -0.4 is 10.3 Å². The summed E-state index contributed by atoms with van der Waals surface area (Å²) in [6, 6.07) is 10.5. The Morgan fingerprint density at radius 2 is 2.05 bits per heavy atom. The third-order valence-electron chi connectivity index (χ3n) is 3.15. The highest BCUT2D eigenvalue weighted by atomic mass is 16.5. The van der Waals surface area contributed by atoms with Crippen LogP contribution in [0.25, 0.3) is 0 Å². The first-order valence-corrected chi connectivity index (χ1v) is 7.15. The molecular weight excluding hydrogens is 282 g/mol. The summed E-state index contributed by atoms with van der Waals surface area (Å²) in [6.45, 7) is 2.86. The van der Waals surface area contributed by atoms with E-state index < -0.39 is 5.97 Å². The molecule has 0 aliphatic rings. The summed E-state index contributed by atoms with van der Waals surface area (Å²) >= 11 is 0. The van der Waals surface area contributed by atoms with E-state index >= 15 is 0 Å². The van der Waals surface area contributed by atoms with Crippen molar-refractivity contribution >= 4 is 5.97 Å². The van der Waals surface area contributed by atoms with E-state index in [0.29, 0.717) is 24.5 Å². The van der Waals surface area contributed by atoms with Gasteiger partial charge in [-0.3, -0.25) is 4.79 Å². The molecule has 2 rings (SSSR count). The van der Waals surface area contributed by atoms with Crippen LogP contribution in [0.1, 0.15) is 29.3 Å². The molecule has 0 amide bonds. The standard InChI is InChI=1S/C17H19NO4/c1-3-10-22-15-8-5-9-18(16(15)19)12-13-6-4-7-14(11-13)17(20)21-2/h4-9,11H,3,10,12H2,1-2H3. The minimum absolute atomic E-state index is 0.181. The van der Waals surface area contributed by atoms with E-state index in [9.17, 15) is 9.59 Å². The average molecular weight is 301 g/mol. The van der Waals surface area contributed by atoms with Crippen LogP contribution in [0.15, 0.2) is 47.4 Å². The summed E-state index contributed by atoms with van der Waals surface area (Å²) in [6.07, 6.45) is 2.54. The largest absolute Gasteiger partial charge is 0.488 e. The quantitative estimate of drug-likeness (QED) is 0.769. The SMILES string of the molecule is CCCOc1cccn(Cc2cccc(C(=O)OC)c2)c1=O. The van der Waals surface area contributed by atoms with Gasteiger partial charge in [0.15, 0.2) is 5.75 Å². The first-order chi connectivity index (χ1) is 10.7. The number of benzene rings is 1. The lowest BCUT2D eigenvalue weighted by atomic mass is 10.1. The van der Waals surface area contributed by atoms with Gasteiger partial charge in [0.1, 0.15) is 0 Å². The second-order valence-electron chi connectivity index (χ2n) is 4.85. The van der Waals surface area contributed by atoms with Gasteiger partial charge in [-0.25, -0.2) is 4.79 Å². The fraction of sp³-hybridized carbons (Fsp3) is 0.294. The van der Waals surface area contributed by atoms with Crippen molar-refractivity contribution in [1.29, 1.82) is 0 Å². The van der Waals surface area contributed by atoms with Gasteiger partial charge in [0.2, 0.25) is 0 Å². The summed E-state index contributed by atoms with van der Waals surface area (Å²) in [5.41, 5.74) is 1.13. The van der Waals surface area contributed by atoms with Crippen molar-refractivity contribution in [2.24, 2.45) is 0 Å². The highest BCUT2D eigenvalue weighted by molar-refractivity contribution is 5.89. The summed E-state index contributed by atoms with van der Waals surface area (Å²) in [7, 11) is 1.34. The number of aromatic nitrogens is 1. The summed E-state index contributed by atoms with van der Waals surface area (Å²) < 4.78 is 11.7. The zero-order chi connectivity index (χ0) is 15.9. The second kappa shape index (κ2) is 7.45. The molecule has 0 radical (unpaired) electrons. The molecule has 0 aliphatic heterocycles. The van der Waals surface area contributed by atoms with Crippen LogP contribution in [-0.4, -0.2) is 24.3 Å². The molecule has 5 heteroatoms. The molecule has 1 aromatic carbocycles. The van der Waals surface area contributed by atoms with Gasteiger partial charge in [-0.15, -0.1) is 0 Å². The van der Waals surface area contributed by atoms with Crippen LogP contribution in [0, 0.1) is 0 Å². The molecule has 0 atom stereocenters. The molecule has 1 heterocycles. The van der Waals surface area contributed by atoms with E-state index in [-0.39, 0.29) is 5.56 Å². The third kappa shape index (κ3) is 3.75. The van der Waals surface area contributed by atoms with Crippen LogP contribution in [0.3, 0.4) is 0 Å². The van der Waals surface area contributed by atoms with Gasteiger partial charge in [-0.2, -0.15) is 0 Å². The Labute approximate surface area is 129 Å². The Kier molecular flexibility index (Phi) is 5.36. The molecule has 0 saturated carbocycles. The van der Waals surface area contributed by atoms with Crippen molar-refractivity contribution in [3.05, 3.63) is 64.1 Å². The molecule has 5 nitrogen and oxygen atoms in total. The first-order valence-electron chi connectivity index (χ1n) is 7.15. The molecule has 0 unspecified atom stereocenters. The Morgan fingerprint density at radius 3 is 2.77 bits per heavy atom. The van der Waals surface area contributed by atoms with Crippen molar-refractivity contribution in [2.75, 3.05) is 13.7 Å². The number of rotatable bonds is 6. The molecule has 1 aromatic heterocycles. The van der Waals surface area contributed by atoms with E-state index in [1.165, 1.54) is 7.11 Å². The van der Waals surface area contributed by atoms with Crippen LogP contribution >= 0.6 is 0 Å². The molecule has 0 bridgehead atoms. The van der Waals surface area contributed by atoms with E-state index in [4.69, 9.17) is 9.47 Å². The van der Waals surface area contributed by atoms with E-state index in [0.717, 1.165) is 12.0 Å². The number of carbonyl (C=O) groups is 1. The Hall–Kier alpha value is -2.56. The number of hydrogen-bond acceptors (Lipinski definition) is 4. The first kappa shape index (κ1) is 15.8. The number of carbonyl (C=O) groups excluding carboxylic acids is 1. The van der Waals surface area contributed by atoms with Crippen molar-refractivity contribution < 1.29 is 14.3 Å². The van der Waals surface area contributed by atoms with E-state index in [1.54, 1.807) is 41.1 Å². The Morgan fingerprint density at radius 1 is 1.23 bits per heavy atom. The molecular formula is C17H19NO4. The van der Waals surface area contributed by atoms with Gasteiger partial charge in [0.05, 0.1) is 25.8 Å². The lowest BCUT2D eigenvalue weighted by Gasteiger charge is -2.10. The number of hydrogen-bond donors (Lipinski definition) is 0. The van der Waals surface area contributed by atoms with Crippen LogP contribution in [0.5, 0.6) is 5.75 Å². The zero-order valence-corrected chi connectivity index (χ0v) is 12.7. The van der Waals surface area contributed by atoms with Crippen molar-refractivity contribution in [3.8, 4) is 5.75 Å². The minimum Gasteiger partial charge on any atom is -0.488 e. The van der Waals surface area contributed by atoms with Gasteiger partial charge in [-0.05, 0) is 36.2 Å². The molecule has 0 saturated heterocycles. The molecule has 2 aromatic rings. The maximum Gasteiger partial charge on any atom is 0.337 e. The van der Waals surface area contributed by atoms with E-state index in [2.05, 4.69) is 0 Å². The monoisotopic (exact) mass is 301 g/mol. The highest BCUT2D eigenvalue weighted by Gasteiger charge is 2.08. The van der Waals surface area contributed by atoms with Crippen molar-refractivity contribution in [3.63, 3.8) is 0 Å². The van der Waals surface area contributed by atoms with Crippen molar-refractivity contribution in [1.82, 2.24) is 4.57 Å². The minimum atomic E-state index is -0.394. The fourth-order valence-electron chi connectivity index (χ4n) is 2.07. The number of esters is 1. The normalized spacial score (nSPS) is 10.3. The van der Waals surface area contributed by atoms with Crippen LogP contribution in [-0.2, 0) is 11.3 Å². The number of ether oxygens (including phenoxy) is 2. The van der Waals surface area contributed by atoms with Gasteiger partial charge in [-0.1, -0.05) is 19.1 Å². The van der Waals surface area contributed by atoms with E-state index in [1.807, 2.05) is 13.0 Å². The fourth-order valence-corrected chi connectivity index (χ4v) is 2.07. The maximum absolute atomic E-state index is 12.3. The molecule has 0 aliphatic carbocycles. The van der Waals surface area contributed by atoms with Gasteiger partial charge in [0.25, 0.3) is 5.56 Å². The molecule has 116 valence electrons. The number of nitrogens with zero attached hydrogens (tertiary/aromatic N) is 1. The summed E-state index contributed by atoms with van der Waals surface area (Å²) in [5.74, 6) is -0.0531. The molecule has 0 fully saturated rings. The molecule has 0 N–H and O–H groups in total. The summed E-state index contributed by atoms with van der Waals surface area (Å²) in [4.78, 5) is 23.8. The third-order valence-corrected chi connectivity index (χ3v) is 3.15. The van der Waals surface area contributed by atoms with Gasteiger partial charge in [0, 0.05) is 6.20 Å². The summed E-state index contributed by atoms with van der Waals surface area (Å²) in [5, 5.41) is 0. The molecule has 0 spiro atoms. The smallest absolute Gasteiger partial charge is 0.337 e.